The minimum absolute atomic E-state index is 0. The number of benzene rings is 1. The molecule has 1 aromatic rings. The van der Waals surface area contributed by atoms with Crippen LogP contribution in [-0.4, -0.2) is 53.0 Å². The molecule has 1 aliphatic heterocycles. The third-order valence-corrected chi connectivity index (χ3v) is 4.97. The predicted octanol–water partition coefficient (Wildman–Crippen LogP) is 3.04. The Morgan fingerprint density at radius 2 is 2.00 bits per heavy atom. The van der Waals surface area contributed by atoms with E-state index in [9.17, 15) is 14.0 Å². The highest BCUT2D eigenvalue weighted by Gasteiger charge is 2.31. The molecule has 1 aromatic carbocycles. The van der Waals surface area contributed by atoms with Crippen molar-refractivity contribution in [1.29, 1.82) is 0 Å². The molecule has 1 amide bonds. The van der Waals surface area contributed by atoms with Crippen molar-refractivity contribution >= 4 is 35.9 Å². The van der Waals surface area contributed by atoms with Crippen molar-refractivity contribution in [1.82, 2.24) is 9.80 Å². The number of piperidine rings is 1. The maximum atomic E-state index is 13.9. The van der Waals surface area contributed by atoms with Gasteiger partial charge in [-0.3, -0.25) is 14.5 Å². The summed E-state index contributed by atoms with van der Waals surface area (Å²) in [5.41, 5.74) is 0.298. The summed E-state index contributed by atoms with van der Waals surface area (Å²) in [6.07, 6.45) is 1.08. The minimum atomic E-state index is -0.778. The number of carboxylic acid groups (broad SMARTS) is 1. The number of carbonyl (C=O) groups excluding carboxylic acids is 1. The number of likely N-dealkylation sites (N-methyl/N-ethyl adjacent to an activating group) is 1. The molecule has 5 nitrogen and oxygen atoms in total. The molecule has 8 heteroatoms. The summed E-state index contributed by atoms with van der Waals surface area (Å²) in [5.74, 6) is -1.68. The number of likely N-dealkylation sites (tertiary alicyclic amines) is 1. The van der Waals surface area contributed by atoms with Crippen LogP contribution in [0.5, 0.6) is 0 Å². The van der Waals surface area contributed by atoms with Gasteiger partial charge >= 0.3 is 5.97 Å². The number of rotatable bonds is 5. The van der Waals surface area contributed by atoms with Gasteiger partial charge in [-0.1, -0.05) is 17.7 Å². The monoisotopic (exact) mass is 392 g/mol. The standard InChI is InChI=1S/C17H22ClFN2O3.ClH/c1-11(21-8-6-12(7-9-21)17(23)24)16(22)20(2)10-13-14(18)4-3-5-15(13)19;/h3-5,11-12H,6-10H2,1-2H3,(H,23,24);1H. The van der Waals surface area contributed by atoms with Crippen LogP contribution in [-0.2, 0) is 16.1 Å². The van der Waals surface area contributed by atoms with Crippen LogP contribution >= 0.6 is 24.0 Å². The molecule has 1 atom stereocenters. The highest BCUT2D eigenvalue weighted by atomic mass is 35.5. The van der Waals surface area contributed by atoms with Crippen molar-refractivity contribution in [3.63, 3.8) is 0 Å². The molecule has 0 radical (unpaired) electrons. The molecule has 2 rings (SSSR count). The molecular formula is C17H23Cl2FN2O3. The lowest BCUT2D eigenvalue weighted by Crippen LogP contribution is -2.49. The van der Waals surface area contributed by atoms with E-state index in [1.165, 1.54) is 17.0 Å². The second-order valence-corrected chi connectivity index (χ2v) is 6.63. The van der Waals surface area contributed by atoms with Crippen LogP contribution in [0, 0.1) is 11.7 Å². The Labute approximate surface area is 158 Å². The summed E-state index contributed by atoms with van der Waals surface area (Å²) >= 11 is 6.01. The zero-order valence-corrected chi connectivity index (χ0v) is 15.8. The number of carboxylic acids is 1. The summed E-state index contributed by atoms with van der Waals surface area (Å²) < 4.78 is 13.9. The third-order valence-electron chi connectivity index (χ3n) is 4.62. The molecule has 1 aliphatic rings. The molecule has 1 saturated heterocycles. The van der Waals surface area contributed by atoms with Gasteiger partial charge in [0, 0.05) is 24.2 Å². The second-order valence-electron chi connectivity index (χ2n) is 6.22. The molecule has 140 valence electrons. The SMILES string of the molecule is CC(C(=O)N(C)Cc1c(F)cccc1Cl)N1CCC(C(=O)O)CC1.Cl. The number of hydrogen-bond donors (Lipinski definition) is 1. The zero-order chi connectivity index (χ0) is 17.9. The first-order valence-electron chi connectivity index (χ1n) is 7.96. The zero-order valence-electron chi connectivity index (χ0n) is 14.2. The maximum absolute atomic E-state index is 13.9. The second kappa shape index (κ2) is 9.36. The van der Waals surface area contributed by atoms with Crippen LogP contribution in [0.25, 0.3) is 0 Å². The van der Waals surface area contributed by atoms with Crippen molar-refractivity contribution < 1.29 is 19.1 Å². The molecule has 0 aliphatic carbocycles. The fourth-order valence-electron chi connectivity index (χ4n) is 3.01. The summed E-state index contributed by atoms with van der Waals surface area (Å²) in [5, 5.41) is 9.33. The van der Waals surface area contributed by atoms with Gasteiger partial charge in [0.05, 0.1) is 12.0 Å². The van der Waals surface area contributed by atoms with E-state index in [0.29, 0.717) is 36.5 Å². The van der Waals surface area contributed by atoms with Gasteiger partial charge in [-0.2, -0.15) is 0 Å². The molecule has 1 unspecified atom stereocenters. The van der Waals surface area contributed by atoms with Gasteiger partial charge in [0.1, 0.15) is 5.82 Å². The molecular weight excluding hydrogens is 370 g/mol. The molecule has 1 fully saturated rings. The van der Waals surface area contributed by atoms with Crippen LogP contribution in [0.15, 0.2) is 18.2 Å². The molecule has 25 heavy (non-hydrogen) atoms. The van der Waals surface area contributed by atoms with Crippen molar-refractivity contribution in [2.75, 3.05) is 20.1 Å². The number of hydrogen-bond acceptors (Lipinski definition) is 3. The Bertz CT molecular complexity index is 602. The smallest absolute Gasteiger partial charge is 0.306 e. The summed E-state index contributed by atoms with van der Waals surface area (Å²) in [6.45, 7) is 3.03. The average Bonchev–Trinajstić information content (AvgIpc) is 2.56. The first kappa shape index (κ1) is 21.7. The van der Waals surface area contributed by atoms with E-state index in [1.54, 1.807) is 20.0 Å². The Balaban J connectivity index is 0.00000312. The number of halogens is 3. The van der Waals surface area contributed by atoms with Gasteiger partial charge in [-0.05, 0) is 45.0 Å². The van der Waals surface area contributed by atoms with Crippen molar-refractivity contribution in [2.24, 2.45) is 5.92 Å². The Hall–Kier alpha value is -1.37. The highest BCUT2D eigenvalue weighted by molar-refractivity contribution is 6.31. The van der Waals surface area contributed by atoms with Gasteiger partial charge in [0.25, 0.3) is 0 Å². The van der Waals surface area contributed by atoms with E-state index in [2.05, 4.69) is 0 Å². The average molecular weight is 393 g/mol. The van der Waals surface area contributed by atoms with E-state index < -0.39 is 11.8 Å². The molecule has 0 saturated carbocycles. The van der Waals surface area contributed by atoms with Crippen molar-refractivity contribution in [3.05, 3.63) is 34.6 Å². The topological polar surface area (TPSA) is 60.9 Å². The number of nitrogens with zero attached hydrogens (tertiary/aromatic N) is 2. The minimum Gasteiger partial charge on any atom is -0.481 e. The van der Waals surface area contributed by atoms with Gasteiger partial charge in [0.15, 0.2) is 0 Å². The van der Waals surface area contributed by atoms with Gasteiger partial charge in [-0.25, -0.2) is 4.39 Å². The van der Waals surface area contributed by atoms with E-state index in [0.717, 1.165) is 0 Å². The number of amides is 1. The van der Waals surface area contributed by atoms with Crippen LogP contribution in [0.3, 0.4) is 0 Å². The molecule has 0 aromatic heterocycles. The third kappa shape index (κ3) is 5.30. The summed E-state index contributed by atoms with van der Waals surface area (Å²) in [4.78, 5) is 27.0. The fourth-order valence-corrected chi connectivity index (χ4v) is 3.23. The lowest BCUT2D eigenvalue weighted by Gasteiger charge is -2.35. The fraction of sp³-hybridized carbons (Fsp3) is 0.529. The lowest BCUT2D eigenvalue weighted by molar-refractivity contribution is -0.144. The summed E-state index contributed by atoms with van der Waals surface area (Å²) in [7, 11) is 1.62. The maximum Gasteiger partial charge on any atom is 0.306 e. The van der Waals surface area contributed by atoms with Crippen LogP contribution in [0.4, 0.5) is 4.39 Å². The molecule has 1 N–H and O–H groups in total. The predicted molar refractivity (Wildman–Crippen MR) is 96.5 cm³/mol. The quantitative estimate of drug-likeness (QED) is 0.836. The van der Waals surface area contributed by atoms with Crippen molar-refractivity contribution in [2.45, 2.75) is 32.4 Å². The molecule has 1 heterocycles. The van der Waals surface area contributed by atoms with Crippen LogP contribution < -0.4 is 0 Å². The van der Waals surface area contributed by atoms with Crippen LogP contribution in [0.1, 0.15) is 25.3 Å². The Kier molecular flexibility index (Phi) is 8.12. The van der Waals surface area contributed by atoms with Gasteiger partial charge < -0.3 is 10.0 Å². The van der Waals surface area contributed by atoms with Gasteiger partial charge in [0.2, 0.25) is 5.91 Å². The molecule has 0 spiro atoms. The number of aliphatic carboxylic acids is 1. The van der Waals surface area contributed by atoms with Crippen molar-refractivity contribution in [3.8, 4) is 0 Å². The first-order valence-corrected chi connectivity index (χ1v) is 8.33. The normalized spacial score (nSPS) is 16.8. The number of carbonyl (C=O) groups is 2. The van der Waals surface area contributed by atoms with Crippen LogP contribution in [0.2, 0.25) is 5.02 Å². The Morgan fingerprint density at radius 3 is 2.52 bits per heavy atom. The highest BCUT2D eigenvalue weighted by Crippen LogP contribution is 2.22. The molecule has 0 bridgehead atoms. The van der Waals surface area contributed by atoms with E-state index in [1.807, 2.05) is 4.90 Å². The first-order chi connectivity index (χ1) is 11.3. The lowest BCUT2D eigenvalue weighted by atomic mass is 9.96. The van der Waals surface area contributed by atoms with E-state index >= 15 is 0 Å². The van der Waals surface area contributed by atoms with E-state index in [4.69, 9.17) is 16.7 Å². The van der Waals surface area contributed by atoms with Gasteiger partial charge in [-0.15, -0.1) is 12.4 Å². The Morgan fingerprint density at radius 1 is 1.40 bits per heavy atom. The summed E-state index contributed by atoms with van der Waals surface area (Å²) in [6, 6.07) is 4.06. The van der Waals surface area contributed by atoms with E-state index in [-0.39, 0.29) is 36.8 Å². The largest absolute Gasteiger partial charge is 0.481 e.